The molecule has 100 heavy (non-hydrogen) atoms. The number of ether oxygens (including phenoxy) is 11. The molecule has 5 aliphatic carbocycles. The summed E-state index contributed by atoms with van der Waals surface area (Å²) >= 11 is 0. The predicted molar refractivity (Wildman–Crippen MR) is 415 cm³/mol. The van der Waals surface area contributed by atoms with Crippen molar-refractivity contribution in [2.24, 2.45) is 35.0 Å². The zero-order valence-electron chi connectivity index (χ0n) is 66.7. The lowest BCUT2D eigenvalue weighted by Gasteiger charge is -2.56. The van der Waals surface area contributed by atoms with E-state index in [9.17, 15) is 0 Å². The smallest absolute Gasteiger partial charge is 0.197 e. The Balaban J connectivity index is 0.000000227. The Morgan fingerprint density at radius 1 is 0.410 bits per heavy atom. The maximum Gasteiger partial charge on any atom is 0.197 e. The number of benzene rings is 5. The number of hydrogen-bond acceptors (Lipinski definition) is 11. The van der Waals surface area contributed by atoms with Gasteiger partial charge in [-0.3, -0.25) is 0 Å². The lowest BCUT2D eigenvalue weighted by atomic mass is 9.50. The van der Waals surface area contributed by atoms with Crippen LogP contribution in [0.25, 0.3) is 0 Å². The van der Waals surface area contributed by atoms with E-state index in [1.807, 2.05) is 71.9 Å². The molecule has 0 N–H and O–H groups in total. The topological polar surface area (TPSA) is 102 Å². The first-order valence-electron chi connectivity index (χ1n) is 39.4. The van der Waals surface area contributed by atoms with Crippen molar-refractivity contribution in [2.75, 3.05) is 46.9 Å². The molecule has 9 unspecified atom stereocenters. The largest absolute Gasteiger partial charge is 0.493 e. The Kier molecular flexibility index (Phi) is 39.0. The summed E-state index contributed by atoms with van der Waals surface area (Å²) in [4.78, 5) is 0. The highest BCUT2D eigenvalue weighted by atomic mass is 16.7. The van der Waals surface area contributed by atoms with Gasteiger partial charge in [0.2, 0.25) is 0 Å². The summed E-state index contributed by atoms with van der Waals surface area (Å²) in [6.07, 6.45) is 21.8. The maximum atomic E-state index is 6.00. The zero-order chi connectivity index (χ0) is 73.2. The first-order valence-corrected chi connectivity index (χ1v) is 39.4. The molecule has 0 amide bonds. The van der Waals surface area contributed by atoms with Crippen LogP contribution < -0.4 is 28.4 Å². The van der Waals surface area contributed by atoms with Gasteiger partial charge in [-0.25, -0.2) is 0 Å². The van der Waals surface area contributed by atoms with Crippen molar-refractivity contribution in [2.45, 2.75) is 302 Å². The summed E-state index contributed by atoms with van der Waals surface area (Å²) in [7, 11) is 1.66. The molecule has 9 atom stereocenters. The van der Waals surface area contributed by atoms with Gasteiger partial charge in [0.05, 0.1) is 26.9 Å². The third-order valence-electron chi connectivity index (χ3n) is 21.4. The van der Waals surface area contributed by atoms with E-state index >= 15 is 0 Å². The molecule has 10 rings (SSSR count). The Morgan fingerprint density at radius 2 is 0.800 bits per heavy atom. The summed E-state index contributed by atoms with van der Waals surface area (Å²) < 4.78 is 62.5. The number of hydrogen-bond donors (Lipinski definition) is 0. The van der Waals surface area contributed by atoms with E-state index < -0.39 is 0 Å². The first-order chi connectivity index (χ1) is 48.0. The number of rotatable bonds is 35. The minimum atomic E-state index is -0.265. The van der Waals surface area contributed by atoms with E-state index in [0.717, 1.165) is 97.3 Å². The van der Waals surface area contributed by atoms with Crippen LogP contribution in [0.5, 0.6) is 34.5 Å². The highest BCUT2D eigenvalue weighted by Crippen LogP contribution is 2.60. The summed E-state index contributed by atoms with van der Waals surface area (Å²) in [5, 5.41) is 0. The Bertz CT molecular complexity index is 2940. The molecule has 0 heterocycles. The fourth-order valence-electron chi connectivity index (χ4n) is 14.6. The molecule has 11 nitrogen and oxygen atoms in total. The highest BCUT2D eigenvalue weighted by Gasteiger charge is 2.51. The van der Waals surface area contributed by atoms with E-state index in [2.05, 4.69) is 170 Å². The minimum Gasteiger partial charge on any atom is -0.493 e. The van der Waals surface area contributed by atoms with Gasteiger partial charge in [-0.2, -0.15) is 0 Å². The van der Waals surface area contributed by atoms with Crippen LogP contribution in [0.2, 0.25) is 0 Å². The van der Waals surface area contributed by atoms with Crippen LogP contribution >= 0.6 is 0 Å². The van der Waals surface area contributed by atoms with Gasteiger partial charge in [-0.05, 0) is 285 Å². The maximum absolute atomic E-state index is 6.00. The van der Waals surface area contributed by atoms with Crippen molar-refractivity contribution in [3.8, 4) is 34.5 Å². The van der Waals surface area contributed by atoms with Crippen LogP contribution in [0.4, 0.5) is 0 Å². The summed E-state index contributed by atoms with van der Waals surface area (Å²) in [6, 6.07) is 35.9. The first kappa shape index (κ1) is 85.3. The van der Waals surface area contributed by atoms with Crippen LogP contribution in [0.15, 0.2) is 103 Å². The monoisotopic (exact) mass is 1390 g/mol. The SMILES string of the molecule is CCC(C)c1ccc(OC(C)OCC(C)C)cc1.CCC(C)c1ccc(OC(C)OCCC2CCCCC2)c(C)c1.CCC(C)c1ccc(OCOCC23CC4CC(CC(C4)C2)C3)cc1.CCOC(C)Oc1ccc(C(C)CC)cc1C.CCOC(C)Oc1ccc(C(C)CC)cc1OC. The Morgan fingerprint density at radius 3 is 1.22 bits per heavy atom. The molecule has 0 saturated heterocycles. The predicted octanol–water partition coefficient (Wildman–Crippen LogP) is 24.8. The van der Waals surface area contributed by atoms with Crippen LogP contribution in [-0.4, -0.2) is 72.1 Å². The van der Waals surface area contributed by atoms with E-state index in [1.54, 1.807) is 7.11 Å². The molecule has 5 aromatic carbocycles. The average Bonchev–Trinajstić information content (AvgIpc) is 0.753. The fourth-order valence-corrected chi connectivity index (χ4v) is 14.6. The third kappa shape index (κ3) is 29.8. The van der Waals surface area contributed by atoms with E-state index in [4.69, 9.17) is 52.1 Å². The van der Waals surface area contributed by atoms with Gasteiger partial charge in [-0.15, -0.1) is 0 Å². The van der Waals surface area contributed by atoms with Crippen molar-refractivity contribution in [1.29, 1.82) is 0 Å². The van der Waals surface area contributed by atoms with Crippen molar-refractivity contribution in [3.63, 3.8) is 0 Å². The van der Waals surface area contributed by atoms with Crippen molar-refractivity contribution < 1.29 is 52.1 Å². The highest BCUT2D eigenvalue weighted by molar-refractivity contribution is 5.44. The van der Waals surface area contributed by atoms with Gasteiger partial charge in [0.15, 0.2) is 43.5 Å². The quantitative estimate of drug-likeness (QED) is 0.0286. The molecule has 562 valence electrons. The zero-order valence-corrected chi connectivity index (χ0v) is 66.7. The molecule has 0 radical (unpaired) electrons. The molecule has 11 heteroatoms. The molecule has 4 bridgehead atoms. The van der Waals surface area contributed by atoms with Crippen molar-refractivity contribution >= 4 is 0 Å². The third-order valence-corrected chi connectivity index (χ3v) is 21.4. The lowest BCUT2D eigenvalue weighted by Crippen LogP contribution is -2.48. The normalized spacial score (nSPS) is 20.3. The van der Waals surface area contributed by atoms with Crippen LogP contribution in [-0.2, 0) is 23.7 Å². The Labute approximate surface area is 609 Å². The van der Waals surface area contributed by atoms with Gasteiger partial charge in [0, 0.05) is 13.2 Å². The summed E-state index contributed by atoms with van der Waals surface area (Å²) in [5.41, 5.74) is 9.65. The molecule has 5 fully saturated rings. The van der Waals surface area contributed by atoms with Crippen molar-refractivity contribution in [3.05, 3.63) is 142 Å². The number of methoxy groups -OCH3 is 1. The van der Waals surface area contributed by atoms with Gasteiger partial charge in [0.1, 0.15) is 23.0 Å². The molecule has 0 aliphatic heterocycles. The fraction of sp³-hybridized carbons (Fsp3) is 0.663. The molecule has 5 aliphatic rings. The standard InChI is InChI=1S/C22H32O2.C21H34O2.C16H26O2.C15H24O3.C15H24O2/c1-3-16(2)20-4-6-21(7-5-20)24-15-23-14-22-11-17-8-18(12-22)10-19(9-17)13-22;1-5-16(2)20-11-12-21(17(3)15-20)23-18(4)22-14-13-19-9-7-6-8-10-19;1-6-13(4)15-7-9-16(10-8-15)18-14(5)17-11-12(2)3;1-6-11(3)13-8-9-14(15(10-13)16-5)18-12(4)17-7-2;1-6-11(3)14-8-9-15(12(4)10-14)17-13(5)16-7-2/h4-7,16-19H,3,8-15H2,1-2H3;11-12,15-16,18-19H,5-10,13-14H2,1-4H3;7-10,12-14H,6,11H2,1-5H3;8-12H,6-7H2,1-5H3;8-11,13H,6-7H2,1-5H3. The van der Waals surface area contributed by atoms with E-state index in [-0.39, 0.29) is 25.2 Å². The summed E-state index contributed by atoms with van der Waals surface area (Å²) in [6.45, 7) is 46.6. The van der Waals surface area contributed by atoms with Crippen LogP contribution in [0, 0.1) is 48.9 Å². The second-order valence-corrected chi connectivity index (χ2v) is 30.2. The second kappa shape index (κ2) is 45.7. The summed E-state index contributed by atoms with van der Waals surface area (Å²) in [5.74, 6) is 12.5. The van der Waals surface area contributed by atoms with Gasteiger partial charge in [0.25, 0.3) is 0 Å². The molecular formula is C89H140O11. The van der Waals surface area contributed by atoms with E-state index in [0.29, 0.717) is 60.9 Å². The Hall–Kier alpha value is -5.30. The van der Waals surface area contributed by atoms with Crippen molar-refractivity contribution in [1.82, 2.24) is 0 Å². The lowest BCUT2D eigenvalue weighted by molar-refractivity contribution is -0.116. The second-order valence-electron chi connectivity index (χ2n) is 30.2. The molecule has 5 saturated carbocycles. The van der Waals surface area contributed by atoms with E-state index in [1.165, 1.54) is 129 Å². The van der Waals surface area contributed by atoms with Crippen LogP contribution in [0.3, 0.4) is 0 Å². The van der Waals surface area contributed by atoms with Crippen LogP contribution in [0.1, 0.15) is 302 Å². The minimum absolute atomic E-state index is 0.174. The molecule has 0 aromatic heterocycles. The van der Waals surface area contributed by atoms with Gasteiger partial charge >= 0.3 is 0 Å². The average molecular weight is 1390 g/mol. The molecule has 5 aromatic rings. The number of aryl methyl sites for hydroxylation is 2. The van der Waals surface area contributed by atoms with Gasteiger partial charge < -0.3 is 52.1 Å². The molecule has 0 spiro atoms. The van der Waals surface area contributed by atoms with Gasteiger partial charge in [-0.1, -0.05) is 170 Å². The molecular weight excluding hydrogens is 1240 g/mol.